The van der Waals surface area contributed by atoms with Gasteiger partial charge in [0.05, 0.1) is 18.8 Å². The summed E-state index contributed by atoms with van der Waals surface area (Å²) in [5.74, 6) is 0. The van der Waals surface area contributed by atoms with E-state index in [2.05, 4.69) is 0 Å². The van der Waals surface area contributed by atoms with Crippen molar-refractivity contribution in [2.75, 3.05) is 19.7 Å². The fourth-order valence-electron chi connectivity index (χ4n) is 2.66. The van der Waals surface area contributed by atoms with Gasteiger partial charge in [-0.3, -0.25) is 0 Å². The summed E-state index contributed by atoms with van der Waals surface area (Å²) >= 11 is 0. The highest BCUT2D eigenvalue weighted by molar-refractivity contribution is 5.67. The maximum atomic E-state index is 11.7. The second-order valence-corrected chi connectivity index (χ2v) is 5.03. The van der Waals surface area contributed by atoms with E-state index in [1.54, 1.807) is 11.8 Å². The standard InChI is InChI=1S/C15H21NO4/c1-2-20-14(18)16-9-7-15(19,8-10-16)13-6-4-3-5-12(13)11-17/h3-6,17,19H,2,7-11H2,1H3. The molecule has 1 aliphatic heterocycles. The Hall–Kier alpha value is -1.59. The second-order valence-electron chi connectivity index (χ2n) is 5.03. The molecule has 2 rings (SSSR count). The van der Waals surface area contributed by atoms with Gasteiger partial charge in [0.2, 0.25) is 0 Å². The first-order valence-electron chi connectivity index (χ1n) is 6.94. The van der Waals surface area contributed by atoms with Gasteiger partial charge < -0.3 is 19.8 Å². The molecule has 110 valence electrons. The van der Waals surface area contributed by atoms with Gasteiger partial charge in [0.25, 0.3) is 0 Å². The van der Waals surface area contributed by atoms with E-state index >= 15 is 0 Å². The van der Waals surface area contributed by atoms with Gasteiger partial charge >= 0.3 is 6.09 Å². The van der Waals surface area contributed by atoms with Gasteiger partial charge in [0.1, 0.15) is 0 Å². The minimum absolute atomic E-state index is 0.0971. The Balaban J connectivity index is 2.09. The van der Waals surface area contributed by atoms with Gasteiger partial charge in [0.15, 0.2) is 0 Å². The Morgan fingerprint density at radius 3 is 2.60 bits per heavy atom. The number of carbonyl (C=O) groups excluding carboxylic acids is 1. The van der Waals surface area contributed by atoms with Crippen LogP contribution in [0.5, 0.6) is 0 Å². The van der Waals surface area contributed by atoms with E-state index in [4.69, 9.17) is 4.74 Å². The average Bonchev–Trinajstić information content (AvgIpc) is 2.48. The Morgan fingerprint density at radius 2 is 2.00 bits per heavy atom. The Labute approximate surface area is 118 Å². The summed E-state index contributed by atoms with van der Waals surface area (Å²) in [6, 6.07) is 7.34. The number of aliphatic hydroxyl groups is 2. The molecule has 5 heteroatoms. The molecule has 5 nitrogen and oxygen atoms in total. The number of amides is 1. The Kier molecular flexibility index (Phi) is 4.62. The summed E-state index contributed by atoms with van der Waals surface area (Å²) in [6.07, 6.45) is 0.566. The highest BCUT2D eigenvalue weighted by Gasteiger charge is 2.37. The molecule has 1 aliphatic rings. The van der Waals surface area contributed by atoms with Crippen LogP contribution < -0.4 is 0 Å². The highest BCUT2D eigenvalue weighted by Crippen LogP contribution is 2.35. The minimum atomic E-state index is -0.984. The third kappa shape index (κ3) is 2.94. The fourth-order valence-corrected chi connectivity index (χ4v) is 2.66. The molecule has 2 N–H and O–H groups in total. The first-order valence-corrected chi connectivity index (χ1v) is 6.94. The predicted octanol–water partition coefficient (Wildman–Crippen LogP) is 1.62. The summed E-state index contributed by atoms with van der Waals surface area (Å²) in [4.78, 5) is 13.3. The summed E-state index contributed by atoms with van der Waals surface area (Å²) < 4.78 is 4.97. The quantitative estimate of drug-likeness (QED) is 0.882. The van der Waals surface area contributed by atoms with Crippen LogP contribution in [0.15, 0.2) is 24.3 Å². The lowest BCUT2D eigenvalue weighted by atomic mass is 9.82. The lowest BCUT2D eigenvalue weighted by Crippen LogP contribution is -2.45. The molecule has 0 radical (unpaired) electrons. The molecule has 0 bridgehead atoms. The zero-order valence-electron chi connectivity index (χ0n) is 11.7. The summed E-state index contributed by atoms with van der Waals surface area (Å²) in [6.45, 7) is 2.94. The van der Waals surface area contributed by atoms with Crippen LogP contribution >= 0.6 is 0 Å². The van der Waals surface area contributed by atoms with E-state index in [1.165, 1.54) is 0 Å². The van der Waals surface area contributed by atoms with Crippen LogP contribution in [0.4, 0.5) is 4.79 Å². The first-order chi connectivity index (χ1) is 9.60. The molecular weight excluding hydrogens is 258 g/mol. The van der Waals surface area contributed by atoms with Gasteiger partial charge in [-0.2, -0.15) is 0 Å². The number of hydrogen-bond donors (Lipinski definition) is 2. The van der Waals surface area contributed by atoms with Crippen molar-refractivity contribution in [3.05, 3.63) is 35.4 Å². The van der Waals surface area contributed by atoms with Crippen molar-refractivity contribution in [1.82, 2.24) is 4.90 Å². The van der Waals surface area contributed by atoms with Crippen LogP contribution in [0, 0.1) is 0 Å². The van der Waals surface area contributed by atoms with E-state index in [9.17, 15) is 15.0 Å². The molecular formula is C15H21NO4. The number of carbonyl (C=O) groups is 1. The van der Waals surface area contributed by atoms with E-state index in [0.29, 0.717) is 32.5 Å². The third-order valence-electron chi connectivity index (χ3n) is 3.81. The zero-order chi connectivity index (χ0) is 14.6. The largest absolute Gasteiger partial charge is 0.450 e. The van der Waals surface area contributed by atoms with Crippen molar-refractivity contribution < 1.29 is 19.7 Å². The second kappa shape index (κ2) is 6.24. The first kappa shape index (κ1) is 14.8. The third-order valence-corrected chi connectivity index (χ3v) is 3.81. The number of aliphatic hydroxyl groups excluding tert-OH is 1. The smallest absolute Gasteiger partial charge is 0.409 e. The molecule has 0 spiro atoms. The van der Waals surface area contributed by atoms with Crippen molar-refractivity contribution in [3.8, 4) is 0 Å². The molecule has 1 aromatic carbocycles. The van der Waals surface area contributed by atoms with Crippen molar-refractivity contribution >= 4 is 6.09 Å². The summed E-state index contributed by atoms with van der Waals surface area (Å²) in [5, 5.41) is 20.2. The van der Waals surface area contributed by atoms with Crippen molar-refractivity contribution in [2.45, 2.75) is 32.0 Å². The molecule has 0 aliphatic carbocycles. The Morgan fingerprint density at radius 1 is 1.35 bits per heavy atom. The lowest BCUT2D eigenvalue weighted by molar-refractivity contribution is -0.0256. The minimum Gasteiger partial charge on any atom is -0.450 e. The van der Waals surface area contributed by atoms with Crippen LogP contribution in [-0.4, -0.2) is 40.9 Å². The average molecular weight is 279 g/mol. The number of hydrogen-bond acceptors (Lipinski definition) is 4. The SMILES string of the molecule is CCOC(=O)N1CCC(O)(c2ccccc2CO)CC1. The van der Waals surface area contributed by atoms with Gasteiger partial charge in [-0.25, -0.2) is 4.79 Å². The van der Waals surface area contributed by atoms with Gasteiger partial charge in [-0.05, 0) is 30.9 Å². The highest BCUT2D eigenvalue weighted by atomic mass is 16.6. The number of nitrogens with zero attached hydrogens (tertiary/aromatic N) is 1. The molecule has 1 amide bonds. The van der Waals surface area contributed by atoms with E-state index < -0.39 is 5.60 Å². The van der Waals surface area contributed by atoms with Crippen molar-refractivity contribution in [2.24, 2.45) is 0 Å². The number of piperidine rings is 1. The number of rotatable bonds is 3. The van der Waals surface area contributed by atoms with Crippen molar-refractivity contribution in [3.63, 3.8) is 0 Å². The summed E-state index contributed by atoms with van der Waals surface area (Å²) in [7, 11) is 0. The van der Waals surface area contributed by atoms with Crippen LogP contribution in [0.2, 0.25) is 0 Å². The number of benzene rings is 1. The van der Waals surface area contributed by atoms with E-state index in [-0.39, 0.29) is 12.7 Å². The van der Waals surface area contributed by atoms with Gasteiger partial charge in [-0.15, -0.1) is 0 Å². The molecule has 0 saturated carbocycles. The monoisotopic (exact) mass is 279 g/mol. The molecule has 1 saturated heterocycles. The fraction of sp³-hybridized carbons (Fsp3) is 0.533. The molecule has 0 atom stereocenters. The number of likely N-dealkylation sites (tertiary alicyclic amines) is 1. The molecule has 0 aromatic heterocycles. The number of ether oxygens (including phenoxy) is 1. The van der Waals surface area contributed by atoms with Crippen LogP contribution in [-0.2, 0) is 16.9 Å². The molecule has 1 fully saturated rings. The van der Waals surface area contributed by atoms with E-state index in [1.807, 2.05) is 24.3 Å². The molecule has 1 aromatic rings. The van der Waals surface area contributed by atoms with Crippen LogP contribution in [0.1, 0.15) is 30.9 Å². The lowest BCUT2D eigenvalue weighted by Gasteiger charge is -2.38. The molecule has 0 unspecified atom stereocenters. The van der Waals surface area contributed by atoms with Gasteiger partial charge in [0, 0.05) is 13.1 Å². The maximum absolute atomic E-state index is 11.7. The maximum Gasteiger partial charge on any atom is 0.409 e. The summed E-state index contributed by atoms with van der Waals surface area (Å²) in [5.41, 5.74) is 0.507. The van der Waals surface area contributed by atoms with Gasteiger partial charge in [-0.1, -0.05) is 24.3 Å². The molecule has 20 heavy (non-hydrogen) atoms. The van der Waals surface area contributed by atoms with E-state index in [0.717, 1.165) is 11.1 Å². The van der Waals surface area contributed by atoms with Crippen LogP contribution in [0.25, 0.3) is 0 Å². The topological polar surface area (TPSA) is 70.0 Å². The molecule has 1 heterocycles. The predicted molar refractivity (Wildman–Crippen MR) is 74.1 cm³/mol. The van der Waals surface area contributed by atoms with Crippen molar-refractivity contribution in [1.29, 1.82) is 0 Å². The normalized spacial score (nSPS) is 17.9. The Bertz CT molecular complexity index is 467. The zero-order valence-corrected chi connectivity index (χ0v) is 11.7. The van der Waals surface area contributed by atoms with Crippen LogP contribution in [0.3, 0.4) is 0 Å².